The van der Waals surface area contributed by atoms with E-state index in [1.54, 1.807) is 4.90 Å². The molecule has 1 heterocycles. The van der Waals surface area contributed by atoms with Gasteiger partial charge in [0, 0.05) is 30.7 Å². The number of esters is 1. The number of rotatable bonds is 6. The molecule has 3 fully saturated rings. The Labute approximate surface area is 201 Å². The molecule has 0 unspecified atom stereocenters. The molecule has 186 valence electrons. The summed E-state index contributed by atoms with van der Waals surface area (Å²) in [5.41, 5.74) is 0.443. The van der Waals surface area contributed by atoms with Gasteiger partial charge in [-0.15, -0.1) is 0 Å². The third kappa shape index (κ3) is 6.16. The van der Waals surface area contributed by atoms with Crippen LogP contribution < -0.4 is 0 Å². The monoisotopic (exact) mass is 472 g/mol. The van der Waals surface area contributed by atoms with Crippen molar-refractivity contribution in [2.45, 2.75) is 89.1 Å². The number of piperidine rings is 1. The number of halogens is 1. The summed E-state index contributed by atoms with van der Waals surface area (Å²) >= 11 is 0. The Morgan fingerprint density at radius 2 is 1.35 bits per heavy atom. The van der Waals surface area contributed by atoms with Crippen molar-refractivity contribution in [1.82, 2.24) is 9.80 Å². The van der Waals surface area contributed by atoms with Gasteiger partial charge in [-0.2, -0.15) is 0 Å². The lowest BCUT2D eigenvalue weighted by Gasteiger charge is -2.41. The Kier molecular flexibility index (Phi) is 8.57. The van der Waals surface area contributed by atoms with Crippen LogP contribution >= 0.6 is 0 Å². The maximum Gasteiger partial charge on any atom is 0.309 e. The van der Waals surface area contributed by atoms with E-state index in [4.69, 9.17) is 4.74 Å². The van der Waals surface area contributed by atoms with Gasteiger partial charge in [0.15, 0.2) is 6.61 Å². The third-order valence-electron chi connectivity index (χ3n) is 7.77. The lowest BCUT2D eigenvalue weighted by Crippen LogP contribution is -2.50. The van der Waals surface area contributed by atoms with E-state index in [1.165, 1.54) is 37.1 Å². The molecule has 0 N–H and O–H groups in total. The molecule has 1 aromatic carbocycles. The van der Waals surface area contributed by atoms with Gasteiger partial charge < -0.3 is 14.5 Å². The number of amides is 2. The smallest absolute Gasteiger partial charge is 0.309 e. The molecular formula is C27H37FN2O4. The summed E-state index contributed by atoms with van der Waals surface area (Å²) in [6, 6.07) is 6.08. The van der Waals surface area contributed by atoms with Crippen molar-refractivity contribution in [2.24, 2.45) is 5.92 Å². The molecular weight excluding hydrogens is 435 g/mol. The van der Waals surface area contributed by atoms with Gasteiger partial charge >= 0.3 is 5.97 Å². The molecule has 0 radical (unpaired) electrons. The first-order valence-electron chi connectivity index (χ1n) is 13.1. The standard InChI is InChI=1S/C27H37FN2O4/c28-22-13-11-20(12-14-22)26(32)29-17-15-21(16-18-29)27(33)34-19-25(31)30(23-7-3-1-4-8-23)24-9-5-2-6-10-24/h11-14,21,23-24H,1-10,15-19H2. The van der Waals surface area contributed by atoms with Gasteiger partial charge in [-0.25, -0.2) is 4.39 Å². The number of nitrogens with zero attached hydrogens (tertiary/aromatic N) is 2. The van der Waals surface area contributed by atoms with Crippen LogP contribution in [0.15, 0.2) is 24.3 Å². The van der Waals surface area contributed by atoms with E-state index in [0.717, 1.165) is 51.4 Å². The van der Waals surface area contributed by atoms with Gasteiger partial charge in [0.25, 0.3) is 11.8 Å². The topological polar surface area (TPSA) is 66.9 Å². The van der Waals surface area contributed by atoms with Crippen LogP contribution in [0.3, 0.4) is 0 Å². The summed E-state index contributed by atoms with van der Waals surface area (Å²) in [5.74, 6) is -1.22. The highest BCUT2D eigenvalue weighted by Crippen LogP contribution is 2.30. The van der Waals surface area contributed by atoms with Gasteiger partial charge in [0.1, 0.15) is 5.82 Å². The maximum atomic E-state index is 13.2. The summed E-state index contributed by atoms with van der Waals surface area (Å²) in [4.78, 5) is 42.3. The number of carbonyl (C=O) groups is 3. The highest BCUT2D eigenvalue weighted by molar-refractivity contribution is 5.94. The number of hydrogen-bond acceptors (Lipinski definition) is 4. The van der Waals surface area contributed by atoms with E-state index >= 15 is 0 Å². The van der Waals surface area contributed by atoms with Gasteiger partial charge in [0.05, 0.1) is 5.92 Å². The van der Waals surface area contributed by atoms with Gasteiger partial charge in [-0.1, -0.05) is 38.5 Å². The van der Waals surface area contributed by atoms with E-state index in [9.17, 15) is 18.8 Å². The van der Waals surface area contributed by atoms with Crippen molar-refractivity contribution in [1.29, 1.82) is 0 Å². The second-order valence-electron chi connectivity index (χ2n) is 10.1. The molecule has 1 saturated heterocycles. The van der Waals surface area contributed by atoms with Crippen molar-refractivity contribution < 1.29 is 23.5 Å². The molecule has 2 saturated carbocycles. The Morgan fingerprint density at radius 3 is 1.88 bits per heavy atom. The van der Waals surface area contributed by atoms with Crippen LogP contribution in [0, 0.1) is 11.7 Å². The van der Waals surface area contributed by atoms with Crippen molar-refractivity contribution >= 4 is 17.8 Å². The molecule has 2 aliphatic carbocycles. The van der Waals surface area contributed by atoms with Gasteiger partial charge in [-0.3, -0.25) is 14.4 Å². The van der Waals surface area contributed by atoms with E-state index < -0.39 is 0 Å². The van der Waals surface area contributed by atoms with E-state index in [2.05, 4.69) is 4.90 Å². The average molecular weight is 473 g/mol. The fourth-order valence-electron chi connectivity index (χ4n) is 5.84. The van der Waals surface area contributed by atoms with Gasteiger partial charge in [0.2, 0.25) is 0 Å². The molecule has 2 amide bonds. The van der Waals surface area contributed by atoms with E-state index in [0.29, 0.717) is 31.5 Å². The first-order chi connectivity index (χ1) is 16.5. The second-order valence-corrected chi connectivity index (χ2v) is 10.1. The molecule has 3 aliphatic rings. The Morgan fingerprint density at radius 1 is 0.824 bits per heavy atom. The molecule has 7 heteroatoms. The zero-order valence-corrected chi connectivity index (χ0v) is 20.1. The predicted octanol–water partition coefficient (Wildman–Crippen LogP) is 4.72. The largest absolute Gasteiger partial charge is 0.455 e. The molecule has 4 rings (SSSR count). The lowest BCUT2D eigenvalue weighted by atomic mass is 9.88. The summed E-state index contributed by atoms with van der Waals surface area (Å²) < 4.78 is 18.6. The van der Waals surface area contributed by atoms with Crippen molar-refractivity contribution in [2.75, 3.05) is 19.7 Å². The van der Waals surface area contributed by atoms with Crippen LogP contribution in [0.2, 0.25) is 0 Å². The van der Waals surface area contributed by atoms with Crippen LogP contribution in [0.4, 0.5) is 4.39 Å². The minimum Gasteiger partial charge on any atom is -0.455 e. The minimum absolute atomic E-state index is 0.0453. The van der Waals surface area contributed by atoms with Crippen molar-refractivity contribution in [3.63, 3.8) is 0 Å². The van der Waals surface area contributed by atoms with Crippen LogP contribution in [0.1, 0.15) is 87.4 Å². The fraction of sp³-hybridized carbons (Fsp3) is 0.667. The number of hydrogen-bond donors (Lipinski definition) is 0. The minimum atomic E-state index is -0.377. The molecule has 0 spiro atoms. The summed E-state index contributed by atoms with van der Waals surface area (Å²) in [7, 11) is 0. The van der Waals surface area contributed by atoms with E-state index in [-0.39, 0.29) is 48.2 Å². The predicted molar refractivity (Wildman–Crippen MR) is 127 cm³/mol. The first-order valence-corrected chi connectivity index (χ1v) is 13.1. The number of benzene rings is 1. The number of likely N-dealkylation sites (tertiary alicyclic amines) is 1. The first kappa shape index (κ1) is 24.7. The number of ether oxygens (including phenoxy) is 1. The molecule has 0 bridgehead atoms. The van der Waals surface area contributed by atoms with Crippen LogP contribution in [0.5, 0.6) is 0 Å². The second kappa shape index (κ2) is 11.8. The van der Waals surface area contributed by atoms with Crippen LogP contribution in [0.25, 0.3) is 0 Å². The van der Waals surface area contributed by atoms with Crippen molar-refractivity contribution in [3.8, 4) is 0 Å². The summed E-state index contributed by atoms with van der Waals surface area (Å²) in [6.07, 6.45) is 12.4. The Bertz CT molecular complexity index is 821. The van der Waals surface area contributed by atoms with Crippen LogP contribution in [-0.4, -0.2) is 59.4 Å². The molecule has 1 aliphatic heterocycles. The SMILES string of the molecule is O=C(OCC(=O)N(C1CCCCC1)C1CCCCC1)C1CCN(C(=O)c2ccc(F)cc2)CC1. The normalized spacial score (nSPS) is 20.7. The quantitative estimate of drug-likeness (QED) is 0.562. The molecule has 0 atom stereocenters. The summed E-state index contributed by atoms with van der Waals surface area (Å²) in [5, 5.41) is 0. The zero-order valence-electron chi connectivity index (χ0n) is 20.1. The molecule has 0 aromatic heterocycles. The zero-order chi connectivity index (χ0) is 23.9. The third-order valence-corrected chi connectivity index (χ3v) is 7.77. The fourth-order valence-corrected chi connectivity index (χ4v) is 5.84. The molecule has 34 heavy (non-hydrogen) atoms. The van der Waals surface area contributed by atoms with Crippen LogP contribution in [-0.2, 0) is 14.3 Å². The lowest BCUT2D eigenvalue weighted by molar-refractivity contribution is -0.159. The maximum absolute atomic E-state index is 13.2. The molecule has 6 nitrogen and oxygen atoms in total. The Hall–Kier alpha value is -2.44. The Balaban J connectivity index is 1.27. The average Bonchev–Trinajstić information content (AvgIpc) is 2.89. The highest BCUT2D eigenvalue weighted by Gasteiger charge is 2.34. The molecule has 1 aromatic rings. The summed E-state index contributed by atoms with van der Waals surface area (Å²) in [6.45, 7) is 0.709. The van der Waals surface area contributed by atoms with Crippen molar-refractivity contribution in [3.05, 3.63) is 35.6 Å². The van der Waals surface area contributed by atoms with E-state index in [1.807, 2.05) is 0 Å². The van der Waals surface area contributed by atoms with Gasteiger partial charge in [-0.05, 0) is 62.8 Å². The highest BCUT2D eigenvalue weighted by atomic mass is 19.1. The number of carbonyl (C=O) groups excluding carboxylic acids is 3.